The summed E-state index contributed by atoms with van der Waals surface area (Å²) < 4.78 is 25.7. The Bertz CT molecular complexity index is 117. The third-order valence-electron chi connectivity index (χ3n) is 1.98. The molecule has 0 amide bonds. The summed E-state index contributed by atoms with van der Waals surface area (Å²) in [6.07, 6.45) is -0.0647. The molecule has 5 nitrogen and oxygen atoms in total. The Hall–Kier alpha value is -0.200. The fourth-order valence-electron chi connectivity index (χ4n) is 1.07. The minimum absolute atomic E-state index is 0.0324. The molecule has 2 unspecified atom stereocenters. The number of hydrogen-bond acceptors (Lipinski definition) is 5. The van der Waals surface area contributed by atoms with Crippen LogP contribution in [-0.2, 0) is 23.7 Å². The molecule has 0 aromatic heterocycles. The van der Waals surface area contributed by atoms with E-state index >= 15 is 0 Å². The monoisotopic (exact) mass is 222 g/mol. The van der Waals surface area contributed by atoms with Crippen LogP contribution in [0.5, 0.6) is 0 Å². The lowest BCUT2D eigenvalue weighted by atomic mass is 10.4. The molecule has 0 N–H and O–H groups in total. The summed E-state index contributed by atoms with van der Waals surface area (Å²) >= 11 is 0. The van der Waals surface area contributed by atoms with Gasteiger partial charge in [0, 0.05) is 28.4 Å². The Morgan fingerprint density at radius 1 is 0.667 bits per heavy atom. The zero-order valence-corrected chi connectivity index (χ0v) is 10.0. The van der Waals surface area contributed by atoms with Crippen LogP contribution in [0.2, 0.25) is 0 Å². The highest BCUT2D eigenvalue weighted by atomic mass is 16.6. The van der Waals surface area contributed by atoms with Crippen LogP contribution in [0.25, 0.3) is 0 Å². The van der Waals surface area contributed by atoms with Crippen LogP contribution in [-0.4, -0.2) is 67.1 Å². The van der Waals surface area contributed by atoms with Gasteiger partial charge < -0.3 is 23.7 Å². The van der Waals surface area contributed by atoms with Crippen LogP contribution in [0.4, 0.5) is 0 Å². The van der Waals surface area contributed by atoms with E-state index in [-0.39, 0.29) is 12.2 Å². The van der Waals surface area contributed by atoms with E-state index in [9.17, 15) is 0 Å². The van der Waals surface area contributed by atoms with Crippen molar-refractivity contribution in [2.45, 2.75) is 12.2 Å². The molecule has 5 heteroatoms. The minimum Gasteiger partial charge on any atom is -0.382 e. The first-order valence-corrected chi connectivity index (χ1v) is 4.89. The average Bonchev–Trinajstić information content (AvgIpc) is 2.26. The summed E-state index contributed by atoms with van der Waals surface area (Å²) in [6, 6.07) is 0. The Morgan fingerprint density at radius 2 is 1.07 bits per heavy atom. The molecule has 0 rings (SSSR count). The molecule has 2 atom stereocenters. The molecule has 0 heterocycles. The van der Waals surface area contributed by atoms with Crippen molar-refractivity contribution in [1.82, 2.24) is 0 Å². The van der Waals surface area contributed by atoms with Crippen LogP contribution < -0.4 is 0 Å². The molecular formula is C10H22O5. The van der Waals surface area contributed by atoms with Gasteiger partial charge in [0.1, 0.15) is 12.2 Å². The molecule has 0 aliphatic heterocycles. The summed E-state index contributed by atoms with van der Waals surface area (Å²) in [4.78, 5) is 0. The standard InChI is InChI=1S/C10H22O5/c1-11-5-9(13-3)7-15-8-10(14-4)6-12-2/h9-10H,5-8H2,1-4H3. The van der Waals surface area contributed by atoms with Crippen LogP contribution in [0.1, 0.15) is 0 Å². The Balaban J connectivity index is 3.55. The number of rotatable bonds is 10. The first kappa shape index (κ1) is 14.8. The van der Waals surface area contributed by atoms with Crippen molar-refractivity contribution in [1.29, 1.82) is 0 Å². The van der Waals surface area contributed by atoms with Gasteiger partial charge in [0.25, 0.3) is 0 Å². The van der Waals surface area contributed by atoms with Gasteiger partial charge in [0.2, 0.25) is 0 Å². The van der Waals surface area contributed by atoms with E-state index in [1.807, 2.05) is 0 Å². The van der Waals surface area contributed by atoms with Crippen molar-refractivity contribution >= 4 is 0 Å². The molecule has 0 aliphatic carbocycles. The summed E-state index contributed by atoms with van der Waals surface area (Å²) in [6.45, 7) is 2.04. The van der Waals surface area contributed by atoms with Crippen molar-refractivity contribution in [3.63, 3.8) is 0 Å². The van der Waals surface area contributed by atoms with E-state index in [1.54, 1.807) is 28.4 Å². The van der Waals surface area contributed by atoms with E-state index in [0.717, 1.165) is 0 Å². The normalized spacial score (nSPS) is 15.2. The Morgan fingerprint density at radius 3 is 1.33 bits per heavy atom. The van der Waals surface area contributed by atoms with Gasteiger partial charge >= 0.3 is 0 Å². The largest absolute Gasteiger partial charge is 0.382 e. The van der Waals surface area contributed by atoms with Gasteiger partial charge in [0.15, 0.2) is 0 Å². The van der Waals surface area contributed by atoms with Crippen LogP contribution >= 0.6 is 0 Å². The van der Waals surface area contributed by atoms with Crippen molar-refractivity contribution in [3.05, 3.63) is 0 Å². The molecule has 0 bridgehead atoms. The molecule has 0 radical (unpaired) electrons. The lowest BCUT2D eigenvalue weighted by Crippen LogP contribution is -2.29. The number of methoxy groups -OCH3 is 4. The maximum Gasteiger partial charge on any atom is 0.104 e. The average molecular weight is 222 g/mol. The second-order valence-corrected chi connectivity index (χ2v) is 3.16. The van der Waals surface area contributed by atoms with Gasteiger partial charge in [-0.15, -0.1) is 0 Å². The highest BCUT2D eigenvalue weighted by Crippen LogP contribution is 1.96. The smallest absolute Gasteiger partial charge is 0.104 e. The highest BCUT2D eigenvalue weighted by Gasteiger charge is 2.10. The maximum absolute atomic E-state index is 5.43. The lowest BCUT2D eigenvalue weighted by Gasteiger charge is -2.18. The highest BCUT2D eigenvalue weighted by molar-refractivity contribution is 4.57. The molecule has 0 fully saturated rings. The molecule has 0 aromatic carbocycles. The number of ether oxygens (including phenoxy) is 5. The van der Waals surface area contributed by atoms with Gasteiger partial charge in [-0.2, -0.15) is 0 Å². The fraction of sp³-hybridized carbons (Fsp3) is 1.00. The SMILES string of the molecule is COCC(COCC(COC)OC)OC. The summed E-state index contributed by atoms with van der Waals surface area (Å²) in [5, 5.41) is 0. The summed E-state index contributed by atoms with van der Waals surface area (Å²) in [5.41, 5.74) is 0. The van der Waals surface area contributed by atoms with E-state index in [2.05, 4.69) is 0 Å². The maximum atomic E-state index is 5.43. The third kappa shape index (κ3) is 7.70. The Labute approximate surface area is 91.6 Å². The lowest BCUT2D eigenvalue weighted by molar-refractivity contribution is -0.0690. The van der Waals surface area contributed by atoms with Gasteiger partial charge in [-0.05, 0) is 0 Å². The molecule has 92 valence electrons. The van der Waals surface area contributed by atoms with Crippen LogP contribution in [0.15, 0.2) is 0 Å². The Kier molecular flexibility index (Phi) is 10.2. The molecule has 0 spiro atoms. The van der Waals surface area contributed by atoms with Crippen LogP contribution in [0.3, 0.4) is 0 Å². The fourth-order valence-corrected chi connectivity index (χ4v) is 1.07. The van der Waals surface area contributed by atoms with Crippen molar-refractivity contribution in [2.75, 3.05) is 54.9 Å². The zero-order chi connectivity index (χ0) is 11.5. The third-order valence-corrected chi connectivity index (χ3v) is 1.98. The van der Waals surface area contributed by atoms with Gasteiger partial charge in [0.05, 0.1) is 26.4 Å². The molecule has 15 heavy (non-hydrogen) atoms. The molecule has 0 aliphatic rings. The van der Waals surface area contributed by atoms with Gasteiger partial charge in [-0.25, -0.2) is 0 Å². The molecular weight excluding hydrogens is 200 g/mol. The first-order valence-electron chi connectivity index (χ1n) is 4.89. The van der Waals surface area contributed by atoms with Gasteiger partial charge in [-0.3, -0.25) is 0 Å². The topological polar surface area (TPSA) is 46.2 Å². The zero-order valence-electron chi connectivity index (χ0n) is 10.0. The minimum atomic E-state index is -0.0324. The predicted molar refractivity (Wildman–Crippen MR) is 56.2 cm³/mol. The van der Waals surface area contributed by atoms with Crippen molar-refractivity contribution < 1.29 is 23.7 Å². The van der Waals surface area contributed by atoms with E-state index in [1.165, 1.54) is 0 Å². The molecule has 0 saturated heterocycles. The van der Waals surface area contributed by atoms with E-state index < -0.39 is 0 Å². The molecule has 0 saturated carbocycles. The quantitative estimate of drug-likeness (QED) is 0.533. The predicted octanol–water partition coefficient (Wildman–Crippen LogP) is 0.326. The van der Waals surface area contributed by atoms with Crippen molar-refractivity contribution in [2.24, 2.45) is 0 Å². The van der Waals surface area contributed by atoms with Crippen LogP contribution in [0, 0.1) is 0 Å². The molecule has 0 aromatic rings. The van der Waals surface area contributed by atoms with Crippen molar-refractivity contribution in [3.8, 4) is 0 Å². The first-order chi connectivity index (χ1) is 7.28. The van der Waals surface area contributed by atoms with E-state index in [4.69, 9.17) is 23.7 Å². The second-order valence-electron chi connectivity index (χ2n) is 3.16. The van der Waals surface area contributed by atoms with E-state index in [0.29, 0.717) is 26.4 Å². The summed E-state index contributed by atoms with van der Waals surface area (Å²) in [7, 11) is 6.54. The second kappa shape index (κ2) is 10.3. The summed E-state index contributed by atoms with van der Waals surface area (Å²) in [5.74, 6) is 0. The van der Waals surface area contributed by atoms with Gasteiger partial charge in [-0.1, -0.05) is 0 Å². The number of hydrogen-bond donors (Lipinski definition) is 0.